The minimum Gasteiger partial charge on any atom is -0.282 e. The van der Waals surface area contributed by atoms with Crippen LogP contribution in [0.15, 0.2) is 29.2 Å². The standard InChI is InChI=1S/C7H5Cl3O3S/c8-7(9,10)5-2-1-3-6(4-5)14(11,12)13/h1-4H,(H,11,12,13). The van der Waals surface area contributed by atoms with Gasteiger partial charge in [-0.15, -0.1) is 0 Å². The Balaban J connectivity index is 3.29. The van der Waals surface area contributed by atoms with Crippen LogP contribution in [0.5, 0.6) is 0 Å². The molecule has 0 fully saturated rings. The average molecular weight is 276 g/mol. The van der Waals surface area contributed by atoms with Gasteiger partial charge in [0.15, 0.2) is 0 Å². The van der Waals surface area contributed by atoms with Crippen molar-refractivity contribution in [3.63, 3.8) is 0 Å². The fourth-order valence-electron chi connectivity index (χ4n) is 0.833. The van der Waals surface area contributed by atoms with Crippen LogP contribution in [0, 0.1) is 0 Å². The second-order valence-electron chi connectivity index (χ2n) is 2.50. The molecule has 0 aliphatic rings. The van der Waals surface area contributed by atoms with E-state index in [1.165, 1.54) is 18.2 Å². The van der Waals surface area contributed by atoms with Crippen LogP contribution in [0.2, 0.25) is 0 Å². The monoisotopic (exact) mass is 274 g/mol. The Hall–Kier alpha value is -0.000000000000000167. The molecule has 3 nitrogen and oxygen atoms in total. The van der Waals surface area contributed by atoms with Crippen molar-refractivity contribution >= 4 is 44.9 Å². The topological polar surface area (TPSA) is 54.4 Å². The maximum Gasteiger partial charge on any atom is 0.294 e. The summed E-state index contributed by atoms with van der Waals surface area (Å²) >= 11 is 16.6. The second-order valence-corrected chi connectivity index (χ2v) is 6.20. The number of rotatable bonds is 1. The van der Waals surface area contributed by atoms with E-state index in [4.69, 9.17) is 39.4 Å². The summed E-state index contributed by atoms with van der Waals surface area (Å²) < 4.78 is 28.5. The molecule has 1 aromatic rings. The van der Waals surface area contributed by atoms with E-state index in [1.807, 2.05) is 0 Å². The quantitative estimate of drug-likeness (QED) is 0.633. The van der Waals surface area contributed by atoms with Gasteiger partial charge >= 0.3 is 0 Å². The highest BCUT2D eigenvalue weighted by Crippen LogP contribution is 2.38. The molecule has 1 N–H and O–H groups in total. The molecule has 0 heterocycles. The van der Waals surface area contributed by atoms with E-state index >= 15 is 0 Å². The average Bonchev–Trinajstić information content (AvgIpc) is 2.01. The fraction of sp³-hybridized carbons (Fsp3) is 0.143. The summed E-state index contributed by atoms with van der Waals surface area (Å²) in [5.74, 6) is 0. The molecule has 0 saturated heterocycles. The summed E-state index contributed by atoms with van der Waals surface area (Å²) in [5, 5.41) is 0. The maximum absolute atomic E-state index is 10.7. The van der Waals surface area contributed by atoms with Crippen molar-refractivity contribution in [3.8, 4) is 0 Å². The highest BCUT2D eigenvalue weighted by Gasteiger charge is 2.24. The van der Waals surface area contributed by atoms with E-state index in [2.05, 4.69) is 0 Å². The Kier molecular flexibility index (Phi) is 3.33. The van der Waals surface area contributed by atoms with Crippen LogP contribution in [0.4, 0.5) is 0 Å². The minimum absolute atomic E-state index is 0.178. The molecule has 0 amide bonds. The van der Waals surface area contributed by atoms with Crippen LogP contribution in [0.1, 0.15) is 5.56 Å². The van der Waals surface area contributed by atoms with E-state index in [0.717, 1.165) is 6.07 Å². The van der Waals surface area contributed by atoms with Gasteiger partial charge in [-0.3, -0.25) is 4.55 Å². The summed E-state index contributed by atoms with van der Waals surface area (Å²) in [7, 11) is -4.26. The molecule has 1 aromatic carbocycles. The lowest BCUT2D eigenvalue weighted by Gasteiger charge is -2.11. The highest BCUT2D eigenvalue weighted by atomic mass is 35.6. The number of benzene rings is 1. The molecular formula is C7H5Cl3O3S. The van der Waals surface area contributed by atoms with E-state index in [0.29, 0.717) is 0 Å². The second kappa shape index (κ2) is 3.87. The summed E-state index contributed by atoms with van der Waals surface area (Å²) in [6.07, 6.45) is 0. The van der Waals surface area contributed by atoms with Crippen molar-refractivity contribution in [2.45, 2.75) is 8.69 Å². The van der Waals surface area contributed by atoms with Crippen LogP contribution >= 0.6 is 34.8 Å². The number of hydrogen-bond donors (Lipinski definition) is 1. The summed E-state index contributed by atoms with van der Waals surface area (Å²) in [4.78, 5) is -0.304. The van der Waals surface area contributed by atoms with Gasteiger partial charge in [0.2, 0.25) is 3.79 Å². The van der Waals surface area contributed by atoms with Gasteiger partial charge in [0.1, 0.15) is 0 Å². The van der Waals surface area contributed by atoms with Crippen molar-refractivity contribution in [1.82, 2.24) is 0 Å². The third-order valence-electron chi connectivity index (χ3n) is 1.46. The Morgan fingerprint density at radius 2 is 1.79 bits per heavy atom. The lowest BCUT2D eigenvalue weighted by molar-refractivity contribution is 0.483. The number of halogens is 3. The first-order valence-electron chi connectivity index (χ1n) is 3.36. The minimum atomic E-state index is -4.26. The van der Waals surface area contributed by atoms with Gasteiger partial charge < -0.3 is 0 Å². The predicted molar refractivity (Wildman–Crippen MR) is 55.5 cm³/mol. The SMILES string of the molecule is O=S(=O)(O)c1cccc(C(Cl)(Cl)Cl)c1. The fourth-order valence-corrected chi connectivity index (χ4v) is 1.71. The van der Waals surface area contributed by atoms with Crippen molar-refractivity contribution in [2.24, 2.45) is 0 Å². The van der Waals surface area contributed by atoms with Gasteiger partial charge in [-0.25, -0.2) is 0 Å². The van der Waals surface area contributed by atoms with Crippen LogP contribution in [-0.2, 0) is 13.9 Å². The van der Waals surface area contributed by atoms with E-state index in [-0.39, 0.29) is 10.5 Å². The zero-order chi connectivity index (χ0) is 11.0. The largest absolute Gasteiger partial charge is 0.294 e. The van der Waals surface area contributed by atoms with Crippen LogP contribution in [0.3, 0.4) is 0 Å². The zero-order valence-electron chi connectivity index (χ0n) is 6.62. The maximum atomic E-state index is 10.7. The predicted octanol–water partition coefficient (Wildman–Crippen LogP) is 2.76. The van der Waals surface area contributed by atoms with Gasteiger partial charge in [-0.05, 0) is 12.1 Å². The Bertz CT molecular complexity index is 436. The molecule has 0 saturated carbocycles. The highest BCUT2D eigenvalue weighted by molar-refractivity contribution is 7.85. The molecular weight excluding hydrogens is 270 g/mol. The Morgan fingerprint density at radius 3 is 2.21 bits per heavy atom. The van der Waals surface area contributed by atoms with Crippen LogP contribution in [0.25, 0.3) is 0 Å². The van der Waals surface area contributed by atoms with Crippen molar-refractivity contribution in [1.29, 1.82) is 0 Å². The molecule has 14 heavy (non-hydrogen) atoms. The normalized spacial score (nSPS) is 12.9. The third kappa shape index (κ3) is 3.00. The molecule has 0 aliphatic heterocycles. The summed E-state index contributed by atoms with van der Waals surface area (Å²) in [6.45, 7) is 0. The molecule has 0 aliphatic carbocycles. The molecule has 0 radical (unpaired) electrons. The first-order valence-corrected chi connectivity index (χ1v) is 5.93. The molecule has 1 rings (SSSR count). The Labute approximate surface area is 96.3 Å². The smallest absolute Gasteiger partial charge is 0.282 e. The van der Waals surface area contributed by atoms with Gasteiger partial charge in [-0.2, -0.15) is 8.42 Å². The molecule has 0 atom stereocenters. The van der Waals surface area contributed by atoms with E-state index in [9.17, 15) is 8.42 Å². The first kappa shape index (κ1) is 12.1. The zero-order valence-corrected chi connectivity index (χ0v) is 9.70. The van der Waals surface area contributed by atoms with Gasteiger partial charge in [0, 0.05) is 5.56 Å². The van der Waals surface area contributed by atoms with Crippen molar-refractivity contribution in [3.05, 3.63) is 29.8 Å². The Morgan fingerprint density at radius 1 is 1.21 bits per heavy atom. The van der Waals surface area contributed by atoms with Gasteiger partial charge in [-0.1, -0.05) is 46.9 Å². The van der Waals surface area contributed by atoms with Gasteiger partial charge in [0.25, 0.3) is 10.1 Å². The van der Waals surface area contributed by atoms with Gasteiger partial charge in [0.05, 0.1) is 4.90 Å². The molecule has 78 valence electrons. The molecule has 0 bridgehead atoms. The summed E-state index contributed by atoms with van der Waals surface area (Å²) in [6, 6.07) is 5.12. The first-order chi connectivity index (χ1) is 6.21. The van der Waals surface area contributed by atoms with E-state index in [1.54, 1.807) is 0 Å². The molecule has 7 heteroatoms. The summed E-state index contributed by atoms with van der Waals surface area (Å²) in [5.41, 5.74) is 0.178. The number of hydrogen-bond acceptors (Lipinski definition) is 2. The molecule has 0 spiro atoms. The van der Waals surface area contributed by atoms with E-state index < -0.39 is 13.9 Å². The van der Waals surface area contributed by atoms with Crippen LogP contribution < -0.4 is 0 Å². The lowest BCUT2D eigenvalue weighted by atomic mass is 10.2. The molecule has 0 unspecified atom stereocenters. The van der Waals surface area contributed by atoms with Crippen molar-refractivity contribution in [2.75, 3.05) is 0 Å². The van der Waals surface area contributed by atoms with Crippen molar-refractivity contribution < 1.29 is 13.0 Å². The third-order valence-corrected chi connectivity index (χ3v) is 2.96. The lowest BCUT2D eigenvalue weighted by Crippen LogP contribution is -2.03. The molecule has 0 aromatic heterocycles. The van der Waals surface area contributed by atoms with Crippen LogP contribution in [-0.4, -0.2) is 13.0 Å². The number of alkyl halides is 3.